The minimum atomic E-state index is -0.518. The number of anilines is 1. The van der Waals surface area contributed by atoms with E-state index in [1.54, 1.807) is 48.5 Å². The van der Waals surface area contributed by atoms with Gasteiger partial charge in [-0.05, 0) is 96.3 Å². The van der Waals surface area contributed by atoms with E-state index in [4.69, 9.17) is 28.8 Å². The van der Waals surface area contributed by atoms with Gasteiger partial charge in [-0.1, -0.05) is 19.1 Å². The van der Waals surface area contributed by atoms with Crippen molar-refractivity contribution in [2.75, 3.05) is 40.0 Å². The van der Waals surface area contributed by atoms with Crippen LogP contribution in [0.5, 0.6) is 34.5 Å². The molecule has 0 unspecified atom stereocenters. The van der Waals surface area contributed by atoms with E-state index in [1.807, 2.05) is 31.2 Å². The smallest absolute Gasteiger partial charge is 0.310 e. The van der Waals surface area contributed by atoms with Crippen molar-refractivity contribution in [3.8, 4) is 34.5 Å². The zero-order valence-corrected chi connectivity index (χ0v) is 29.5. The van der Waals surface area contributed by atoms with Crippen LogP contribution >= 0.6 is 0 Å². The summed E-state index contributed by atoms with van der Waals surface area (Å²) in [6.07, 6.45) is 0.632. The second kappa shape index (κ2) is 15.1. The summed E-state index contributed by atoms with van der Waals surface area (Å²) in [4.78, 5) is 36.1. The van der Waals surface area contributed by atoms with Crippen molar-refractivity contribution >= 4 is 23.4 Å². The number of rotatable bonds is 9. The molecule has 0 aromatic heterocycles. The number of carbonyl (C=O) groups is 3. The number of hydrogen-bond donors (Lipinski definition) is 3. The van der Waals surface area contributed by atoms with Crippen LogP contribution in [0.15, 0.2) is 72.8 Å². The number of aromatic hydroxyl groups is 2. The number of benzene rings is 4. The van der Waals surface area contributed by atoms with Gasteiger partial charge < -0.3 is 44.0 Å². The van der Waals surface area contributed by atoms with Gasteiger partial charge >= 0.3 is 11.9 Å². The fraction of sp³-hybridized carbons (Fsp3) is 0.325. The zero-order chi connectivity index (χ0) is 37.1. The minimum absolute atomic E-state index is 0.00952. The molecule has 7 rings (SSSR count). The lowest BCUT2D eigenvalue weighted by Crippen LogP contribution is -2.37. The summed E-state index contributed by atoms with van der Waals surface area (Å²) in [6, 6.07) is 21.2. The molecule has 12 nitrogen and oxygen atoms in total. The Morgan fingerprint density at radius 1 is 0.865 bits per heavy atom. The van der Waals surface area contributed by atoms with Crippen LogP contribution in [-0.4, -0.2) is 62.7 Å². The number of ether oxygens (including phenoxy) is 6. The number of nitrogens with one attached hydrogen (secondary N) is 1. The molecule has 3 N–H and O–H groups in total. The Hall–Kier alpha value is -5.91. The highest BCUT2D eigenvalue weighted by atomic mass is 16.7. The Bertz CT molecular complexity index is 1930. The number of phenols is 2. The van der Waals surface area contributed by atoms with Crippen molar-refractivity contribution in [1.29, 1.82) is 0 Å². The van der Waals surface area contributed by atoms with Crippen molar-refractivity contribution < 1.29 is 53.0 Å². The molecule has 0 spiro atoms. The van der Waals surface area contributed by atoms with E-state index in [-0.39, 0.29) is 72.0 Å². The lowest BCUT2D eigenvalue weighted by Gasteiger charge is -2.40. The lowest BCUT2D eigenvalue weighted by atomic mass is 9.65. The molecule has 5 atom stereocenters. The van der Waals surface area contributed by atoms with E-state index >= 15 is 0 Å². The Balaban J connectivity index is 0.000000280. The van der Waals surface area contributed by atoms with Crippen LogP contribution in [0.4, 0.5) is 5.69 Å². The summed E-state index contributed by atoms with van der Waals surface area (Å²) in [7, 11) is 4.32. The SMILES string of the molecule is COC(=O)[C@H](C)Cc1ccc(O)cc1.COc1cc([C@@H]2c3cc4c(cc3[C@@H](Nc3ccc(C(C)=O)cc3)[C@H]3COC(=O)[C@H]23)OCO4)cc(OC)c1O. The number of hydrogen-bond acceptors (Lipinski definition) is 12. The van der Waals surface area contributed by atoms with E-state index in [0.717, 1.165) is 27.9 Å². The first-order valence-electron chi connectivity index (χ1n) is 16.8. The molecule has 272 valence electrons. The molecule has 1 fully saturated rings. The second-order valence-electron chi connectivity index (χ2n) is 13.0. The van der Waals surface area contributed by atoms with Crippen LogP contribution in [0.3, 0.4) is 0 Å². The van der Waals surface area contributed by atoms with Gasteiger partial charge in [0, 0.05) is 23.1 Å². The highest BCUT2D eigenvalue weighted by molar-refractivity contribution is 5.94. The maximum absolute atomic E-state index is 13.3. The van der Waals surface area contributed by atoms with Gasteiger partial charge in [-0.15, -0.1) is 0 Å². The van der Waals surface area contributed by atoms with Crippen molar-refractivity contribution in [3.05, 3.63) is 101 Å². The topological polar surface area (TPSA) is 159 Å². The summed E-state index contributed by atoms with van der Waals surface area (Å²) in [5, 5.41) is 23.2. The highest BCUT2D eigenvalue weighted by Crippen LogP contribution is 2.56. The van der Waals surface area contributed by atoms with Crippen LogP contribution in [0.25, 0.3) is 0 Å². The Morgan fingerprint density at radius 2 is 1.48 bits per heavy atom. The quantitative estimate of drug-likeness (QED) is 0.134. The van der Waals surface area contributed by atoms with Crippen molar-refractivity contribution in [2.24, 2.45) is 17.8 Å². The summed E-state index contributed by atoms with van der Waals surface area (Å²) in [6.45, 7) is 3.70. The molecule has 12 heteroatoms. The van der Waals surface area contributed by atoms with E-state index < -0.39 is 11.8 Å². The standard InChI is InChI=1S/C29H27NO8.C11H14O3/c1-14(31)15-4-6-17(7-5-15)30-27-19-11-22-21(37-13-38-22)10-18(19)25(26-20(27)12-36-29(26)33)16-8-23(34-2)28(32)24(9-16)35-3;1-8(11(13)14-2)7-9-3-5-10(12)6-4-9/h4-11,20,25-27,30,32H,12-13H2,1-3H3;3-6,8,12H,7H2,1-2H3/t20-,25+,26-,27+;8-/m01/s1. The third-order valence-electron chi connectivity index (χ3n) is 9.74. The van der Waals surface area contributed by atoms with Gasteiger partial charge in [0.1, 0.15) is 5.75 Å². The Morgan fingerprint density at radius 3 is 2.06 bits per heavy atom. The lowest BCUT2D eigenvalue weighted by molar-refractivity contribution is -0.145. The number of ketones is 1. The van der Waals surface area contributed by atoms with Crippen LogP contribution < -0.4 is 24.3 Å². The maximum atomic E-state index is 13.3. The van der Waals surface area contributed by atoms with Crippen molar-refractivity contribution in [1.82, 2.24) is 0 Å². The third kappa shape index (κ3) is 7.14. The molecule has 2 aliphatic heterocycles. The van der Waals surface area contributed by atoms with E-state index in [1.165, 1.54) is 28.3 Å². The molecule has 1 saturated heterocycles. The minimum Gasteiger partial charge on any atom is -0.508 e. The highest BCUT2D eigenvalue weighted by Gasteiger charge is 2.52. The average Bonchev–Trinajstić information content (AvgIpc) is 3.78. The molecule has 0 radical (unpaired) electrons. The first kappa shape index (κ1) is 35.9. The predicted molar refractivity (Wildman–Crippen MR) is 189 cm³/mol. The molecule has 1 aliphatic carbocycles. The predicted octanol–water partition coefficient (Wildman–Crippen LogP) is 6.17. The second-order valence-corrected chi connectivity index (χ2v) is 13.0. The molecule has 2 heterocycles. The molecule has 0 amide bonds. The normalized spacial score (nSPS) is 19.9. The molecule has 4 aromatic rings. The van der Waals surface area contributed by atoms with Gasteiger partial charge in [0.15, 0.2) is 28.8 Å². The number of esters is 2. The number of cyclic esters (lactones) is 1. The summed E-state index contributed by atoms with van der Waals surface area (Å²) in [5.74, 6) is 0.0345. The zero-order valence-electron chi connectivity index (χ0n) is 29.5. The molecule has 3 aliphatic rings. The summed E-state index contributed by atoms with van der Waals surface area (Å²) >= 11 is 0. The third-order valence-corrected chi connectivity index (χ3v) is 9.74. The molecule has 0 bridgehead atoms. The monoisotopic (exact) mass is 711 g/mol. The number of methoxy groups -OCH3 is 3. The fourth-order valence-electron chi connectivity index (χ4n) is 7.09. The molecule has 4 aromatic carbocycles. The molecular weight excluding hydrogens is 670 g/mol. The Kier molecular flexibility index (Phi) is 10.5. The van der Waals surface area contributed by atoms with E-state index in [2.05, 4.69) is 10.1 Å². The van der Waals surface area contributed by atoms with Crippen LogP contribution in [0.1, 0.15) is 58.4 Å². The number of phenolic OH excluding ortho intramolecular Hbond substituents is 2. The average molecular weight is 712 g/mol. The van der Waals surface area contributed by atoms with E-state index in [9.17, 15) is 19.5 Å². The number of Topliss-reactive ketones (excluding diaryl/α,β-unsaturated/α-hetero) is 1. The van der Waals surface area contributed by atoms with Gasteiger partial charge in [0.25, 0.3) is 0 Å². The molecule has 0 saturated carbocycles. The van der Waals surface area contributed by atoms with E-state index in [0.29, 0.717) is 23.5 Å². The largest absolute Gasteiger partial charge is 0.508 e. The summed E-state index contributed by atoms with van der Waals surface area (Å²) < 4.78 is 32.5. The molecular formula is C40H41NO11. The fourth-order valence-corrected chi connectivity index (χ4v) is 7.09. The van der Waals surface area contributed by atoms with Crippen molar-refractivity contribution in [3.63, 3.8) is 0 Å². The number of fused-ring (bicyclic) bond motifs is 3. The van der Waals surface area contributed by atoms with Gasteiger partial charge in [-0.25, -0.2) is 0 Å². The van der Waals surface area contributed by atoms with Crippen molar-refractivity contribution in [2.45, 2.75) is 32.2 Å². The van der Waals surface area contributed by atoms with Gasteiger partial charge in [0.2, 0.25) is 12.5 Å². The van der Waals surface area contributed by atoms with Gasteiger partial charge in [0.05, 0.1) is 45.8 Å². The Labute approximate surface area is 301 Å². The van der Waals surface area contributed by atoms with Crippen LogP contribution in [0.2, 0.25) is 0 Å². The van der Waals surface area contributed by atoms with Gasteiger partial charge in [-0.3, -0.25) is 14.4 Å². The summed E-state index contributed by atoms with van der Waals surface area (Å²) in [5.41, 5.74) is 5.02. The first-order valence-corrected chi connectivity index (χ1v) is 16.8. The van der Waals surface area contributed by atoms with Crippen LogP contribution in [0, 0.1) is 17.8 Å². The molecule has 52 heavy (non-hydrogen) atoms. The van der Waals surface area contributed by atoms with Gasteiger partial charge in [-0.2, -0.15) is 0 Å². The number of carbonyl (C=O) groups excluding carboxylic acids is 3. The maximum Gasteiger partial charge on any atom is 0.310 e. The van der Waals surface area contributed by atoms with Crippen LogP contribution in [-0.2, 0) is 25.5 Å². The first-order chi connectivity index (χ1) is 25.0.